The summed E-state index contributed by atoms with van der Waals surface area (Å²) >= 11 is 0. The molecule has 0 amide bonds. The molecule has 4 heteroatoms. The highest BCUT2D eigenvalue weighted by Gasteiger charge is 2.22. The lowest BCUT2D eigenvalue weighted by Gasteiger charge is -2.30. The van der Waals surface area contributed by atoms with Gasteiger partial charge in [-0.2, -0.15) is 0 Å². The van der Waals surface area contributed by atoms with Gasteiger partial charge < -0.3 is 10.3 Å². The second kappa shape index (κ2) is 5.19. The zero-order valence-corrected chi connectivity index (χ0v) is 11.2. The summed E-state index contributed by atoms with van der Waals surface area (Å²) in [5.74, 6) is 1.87. The second-order valence-electron chi connectivity index (χ2n) is 5.37. The first-order chi connectivity index (χ1) is 8.11. The van der Waals surface area contributed by atoms with Crippen molar-refractivity contribution in [3.8, 4) is 0 Å². The van der Waals surface area contributed by atoms with Crippen molar-refractivity contribution in [3.05, 3.63) is 17.2 Å². The third-order valence-electron chi connectivity index (χ3n) is 3.36. The summed E-state index contributed by atoms with van der Waals surface area (Å²) in [6.45, 7) is 11.8. The summed E-state index contributed by atoms with van der Waals surface area (Å²) in [4.78, 5) is 7.18. The number of hydrogen-bond acceptors (Lipinski definition) is 3. The summed E-state index contributed by atoms with van der Waals surface area (Å²) in [6, 6.07) is 0. The molecule has 96 valence electrons. The van der Waals surface area contributed by atoms with Crippen LogP contribution >= 0.6 is 0 Å². The van der Waals surface area contributed by atoms with Gasteiger partial charge in [0.2, 0.25) is 0 Å². The molecule has 1 aliphatic rings. The third kappa shape index (κ3) is 2.69. The molecule has 0 saturated heterocycles. The number of aromatic nitrogens is 2. The molecular formula is C13H24N4. The summed E-state index contributed by atoms with van der Waals surface area (Å²) < 4.78 is 2.36. The van der Waals surface area contributed by atoms with Crippen molar-refractivity contribution < 1.29 is 0 Å². The SMILES string of the molecule is Cc1nc(CCN)c2n1CCN(CC(C)C)C2. The quantitative estimate of drug-likeness (QED) is 0.853. The average molecular weight is 236 g/mol. The minimum atomic E-state index is 0.688. The van der Waals surface area contributed by atoms with Gasteiger partial charge in [0.1, 0.15) is 5.82 Å². The lowest BCUT2D eigenvalue weighted by molar-refractivity contribution is 0.197. The summed E-state index contributed by atoms with van der Waals surface area (Å²) in [7, 11) is 0. The summed E-state index contributed by atoms with van der Waals surface area (Å²) in [5, 5.41) is 0. The van der Waals surface area contributed by atoms with Gasteiger partial charge >= 0.3 is 0 Å². The first-order valence-electron chi connectivity index (χ1n) is 6.59. The molecule has 17 heavy (non-hydrogen) atoms. The maximum Gasteiger partial charge on any atom is 0.106 e. The zero-order valence-electron chi connectivity index (χ0n) is 11.2. The topological polar surface area (TPSA) is 47.1 Å². The van der Waals surface area contributed by atoms with Crippen LogP contribution in [0.4, 0.5) is 0 Å². The molecule has 2 rings (SSSR count). The van der Waals surface area contributed by atoms with E-state index in [0.29, 0.717) is 6.54 Å². The Morgan fingerprint density at radius 1 is 1.35 bits per heavy atom. The van der Waals surface area contributed by atoms with Crippen molar-refractivity contribution in [2.45, 2.75) is 40.3 Å². The van der Waals surface area contributed by atoms with Crippen molar-refractivity contribution >= 4 is 0 Å². The third-order valence-corrected chi connectivity index (χ3v) is 3.36. The van der Waals surface area contributed by atoms with Crippen LogP contribution in [-0.4, -0.2) is 34.1 Å². The molecule has 0 spiro atoms. The number of aryl methyl sites for hydroxylation is 1. The van der Waals surface area contributed by atoms with Crippen LogP contribution in [0.3, 0.4) is 0 Å². The average Bonchev–Trinajstić information content (AvgIpc) is 2.55. The van der Waals surface area contributed by atoms with Crippen LogP contribution in [0, 0.1) is 12.8 Å². The minimum absolute atomic E-state index is 0.688. The predicted molar refractivity (Wildman–Crippen MR) is 69.8 cm³/mol. The summed E-state index contributed by atoms with van der Waals surface area (Å²) in [6.07, 6.45) is 0.901. The number of rotatable bonds is 4. The molecular weight excluding hydrogens is 212 g/mol. The van der Waals surface area contributed by atoms with Crippen LogP contribution in [0.2, 0.25) is 0 Å². The van der Waals surface area contributed by atoms with E-state index in [9.17, 15) is 0 Å². The van der Waals surface area contributed by atoms with Gasteiger partial charge in [-0.15, -0.1) is 0 Å². The van der Waals surface area contributed by atoms with E-state index in [1.807, 2.05) is 0 Å². The number of nitrogens with two attached hydrogens (primary N) is 1. The number of nitrogens with zero attached hydrogens (tertiary/aromatic N) is 3. The van der Waals surface area contributed by atoms with E-state index in [4.69, 9.17) is 5.73 Å². The molecule has 0 saturated carbocycles. The smallest absolute Gasteiger partial charge is 0.106 e. The van der Waals surface area contributed by atoms with Crippen LogP contribution in [0.25, 0.3) is 0 Å². The minimum Gasteiger partial charge on any atom is -0.330 e. The Labute approximate surface area is 104 Å². The van der Waals surface area contributed by atoms with E-state index in [2.05, 4.69) is 35.2 Å². The predicted octanol–water partition coefficient (Wildman–Crippen LogP) is 1.16. The zero-order chi connectivity index (χ0) is 12.4. The first kappa shape index (κ1) is 12.6. The van der Waals surface area contributed by atoms with Gasteiger partial charge in [-0.3, -0.25) is 4.90 Å². The van der Waals surface area contributed by atoms with Crippen LogP contribution in [0.15, 0.2) is 0 Å². The molecule has 0 aromatic carbocycles. The number of fused-ring (bicyclic) bond motifs is 1. The lowest BCUT2D eigenvalue weighted by Crippen LogP contribution is -2.36. The van der Waals surface area contributed by atoms with Gasteiger partial charge in [0, 0.05) is 32.6 Å². The van der Waals surface area contributed by atoms with E-state index in [-0.39, 0.29) is 0 Å². The Hall–Kier alpha value is -0.870. The van der Waals surface area contributed by atoms with Gasteiger partial charge in [0.15, 0.2) is 0 Å². The molecule has 1 aromatic heterocycles. The van der Waals surface area contributed by atoms with Crippen LogP contribution in [0.5, 0.6) is 0 Å². The fraction of sp³-hybridized carbons (Fsp3) is 0.769. The molecule has 0 aliphatic carbocycles. The molecule has 0 atom stereocenters. The van der Waals surface area contributed by atoms with Gasteiger partial charge in [-0.1, -0.05) is 13.8 Å². The molecule has 0 fully saturated rings. The monoisotopic (exact) mass is 236 g/mol. The van der Waals surface area contributed by atoms with E-state index < -0.39 is 0 Å². The van der Waals surface area contributed by atoms with Gasteiger partial charge in [0.05, 0.1) is 11.4 Å². The van der Waals surface area contributed by atoms with E-state index in [1.165, 1.54) is 17.9 Å². The normalized spacial score (nSPS) is 16.5. The maximum atomic E-state index is 5.66. The molecule has 0 unspecified atom stereocenters. The molecule has 2 N–H and O–H groups in total. The standard InChI is InChI=1S/C13H24N4/c1-10(2)8-16-6-7-17-11(3)15-12(4-5-14)13(17)9-16/h10H,4-9,14H2,1-3H3. The molecule has 1 aromatic rings. The van der Waals surface area contributed by atoms with Gasteiger partial charge in [-0.05, 0) is 19.4 Å². The van der Waals surface area contributed by atoms with Crippen LogP contribution in [-0.2, 0) is 19.5 Å². The Morgan fingerprint density at radius 2 is 2.12 bits per heavy atom. The van der Waals surface area contributed by atoms with Crippen LogP contribution in [0.1, 0.15) is 31.1 Å². The Bertz CT molecular complexity index is 381. The fourth-order valence-electron chi connectivity index (χ4n) is 2.69. The van der Waals surface area contributed by atoms with E-state index in [0.717, 1.165) is 37.8 Å². The molecule has 0 bridgehead atoms. The highest BCUT2D eigenvalue weighted by Crippen LogP contribution is 2.19. The Balaban J connectivity index is 2.17. The van der Waals surface area contributed by atoms with Crippen molar-refractivity contribution in [3.63, 3.8) is 0 Å². The van der Waals surface area contributed by atoms with Gasteiger partial charge in [-0.25, -0.2) is 4.98 Å². The molecule has 2 heterocycles. The van der Waals surface area contributed by atoms with E-state index in [1.54, 1.807) is 0 Å². The molecule has 0 radical (unpaired) electrons. The summed E-state index contributed by atoms with van der Waals surface area (Å²) in [5.41, 5.74) is 8.25. The maximum absolute atomic E-state index is 5.66. The number of imidazole rings is 1. The van der Waals surface area contributed by atoms with Crippen LogP contribution < -0.4 is 5.73 Å². The van der Waals surface area contributed by atoms with Crippen molar-refractivity contribution in [1.29, 1.82) is 0 Å². The fourth-order valence-corrected chi connectivity index (χ4v) is 2.69. The molecule has 1 aliphatic heterocycles. The highest BCUT2D eigenvalue weighted by atomic mass is 15.2. The molecule has 4 nitrogen and oxygen atoms in total. The number of hydrogen-bond donors (Lipinski definition) is 1. The Morgan fingerprint density at radius 3 is 2.76 bits per heavy atom. The first-order valence-corrected chi connectivity index (χ1v) is 6.59. The Kier molecular flexibility index (Phi) is 3.84. The van der Waals surface area contributed by atoms with Crippen molar-refractivity contribution in [1.82, 2.24) is 14.5 Å². The largest absolute Gasteiger partial charge is 0.330 e. The van der Waals surface area contributed by atoms with E-state index >= 15 is 0 Å². The second-order valence-corrected chi connectivity index (χ2v) is 5.37. The highest BCUT2D eigenvalue weighted by molar-refractivity contribution is 5.19. The van der Waals surface area contributed by atoms with Crippen molar-refractivity contribution in [2.75, 3.05) is 19.6 Å². The van der Waals surface area contributed by atoms with Crippen molar-refractivity contribution in [2.24, 2.45) is 11.7 Å². The lowest BCUT2D eigenvalue weighted by atomic mass is 10.1. The van der Waals surface area contributed by atoms with Gasteiger partial charge in [0.25, 0.3) is 0 Å².